The molecule has 0 heterocycles. The number of hydrogen-bond donors (Lipinski definition) is 1. The molecule has 0 bridgehead atoms. The summed E-state index contributed by atoms with van der Waals surface area (Å²) in [6.45, 7) is 4.16. The number of halogens is 1. The molecular formula is C7H11BrO2. The van der Waals surface area contributed by atoms with Gasteiger partial charge in [-0.05, 0) is 18.3 Å². The number of alkyl halides is 1. The topological polar surface area (TPSA) is 37.3 Å². The maximum Gasteiger partial charge on any atom is 0.320 e. The molecule has 0 unspecified atom stereocenters. The normalized spacial score (nSPS) is 27.1. The Kier molecular flexibility index (Phi) is 1.59. The van der Waals surface area contributed by atoms with Crippen LogP contribution in [0.5, 0.6) is 0 Å². The number of carboxylic acids is 1. The van der Waals surface area contributed by atoms with Crippen molar-refractivity contribution >= 4 is 21.9 Å². The average Bonchev–Trinajstić information content (AvgIpc) is 1.59. The van der Waals surface area contributed by atoms with Crippen LogP contribution in [0, 0.1) is 5.41 Å². The monoisotopic (exact) mass is 206 g/mol. The van der Waals surface area contributed by atoms with Crippen LogP contribution in [0.3, 0.4) is 0 Å². The summed E-state index contributed by atoms with van der Waals surface area (Å²) in [5.74, 6) is -0.730. The minimum Gasteiger partial charge on any atom is -0.480 e. The number of carbonyl (C=O) groups is 1. The van der Waals surface area contributed by atoms with E-state index in [9.17, 15) is 4.79 Å². The zero-order chi connectivity index (χ0) is 7.99. The SMILES string of the molecule is CC1(C)CC(Br)(C(=O)O)C1. The highest BCUT2D eigenvalue weighted by Crippen LogP contribution is 2.53. The number of rotatable bonds is 1. The van der Waals surface area contributed by atoms with Gasteiger partial charge < -0.3 is 5.11 Å². The van der Waals surface area contributed by atoms with Gasteiger partial charge in [0, 0.05) is 0 Å². The lowest BCUT2D eigenvalue weighted by atomic mass is 9.64. The maximum atomic E-state index is 10.5. The highest BCUT2D eigenvalue weighted by Gasteiger charge is 2.52. The van der Waals surface area contributed by atoms with Gasteiger partial charge in [0.05, 0.1) is 0 Å². The molecule has 2 nitrogen and oxygen atoms in total. The third-order valence-electron chi connectivity index (χ3n) is 1.90. The van der Waals surface area contributed by atoms with Gasteiger partial charge in [0.2, 0.25) is 0 Å². The fourth-order valence-electron chi connectivity index (χ4n) is 1.62. The molecule has 58 valence electrons. The smallest absolute Gasteiger partial charge is 0.320 e. The predicted octanol–water partition coefficient (Wildman–Crippen LogP) is 2.02. The second-order valence-electron chi connectivity index (χ2n) is 3.79. The number of carboxylic acid groups (broad SMARTS) is 1. The summed E-state index contributed by atoms with van der Waals surface area (Å²) >= 11 is 3.21. The summed E-state index contributed by atoms with van der Waals surface area (Å²) in [7, 11) is 0. The first-order valence-electron chi connectivity index (χ1n) is 3.28. The van der Waals surface area contributed by atoms with Crippen molar-refractivity contribution in [3.63, 3.8) is 0 Å². The quantitative estimate of drug-likeness (QED) is 0.668. The van der Waals surface area contributed by atoms with Crippen LogP contribution in [0.25, 0.3) is 0 Å². The molecule has 1 fully saturated rings. The van der Waals surface area contributed by atoms with Gasteiger partial charge in [-0.25, -0.2) is 0 Å². The van der Waals surface area contributed by atoms with Crippen LogP contribution in [0.4, 0.5) is 0 Å². The molecule has 1 aliphatic rings. The van der Waals surface area contributed by atoms with Crippen LogP contribution in [0.15, 0.2) is 0 Å². The molecule has 0 aromatic carbocycles. The summed E-state index contributed by atoms with van der Waals surface area (Å²) in [5.41, 5.74) is 0.210. The zero-order valence-electron chi connectivity index (χ0n) is 6.15. The molecule has 0 amide bonds. The van der Waals surface area contributed by atoms with Crippen molar-refractivity contribution in [2.75, 3.05) is 0 Å². The van der Waals surface area contributed by atoms with E-state index in [0.717, 1.165) is 12.8 Å². The van der Waals surface area contributed by atoms with E-state index >= 15 is 0 Å². The Morgan fingerprint density at radius 3 is 2.00 bits per heavy atom. The highest BCUT2D eigenvalue weighted by atomic mass is 79.9. The lowest BCUT2D eigenvalue weighted by Gasteiger charge is -2.46. The largest absolute Gasteiger partial charge is 0.480 e. The number of hydrogen-bond acceptors (Lipinski definition) is 1. The molecule has 10 heavy (non-hydrogen) atoms. The number of aliphatic carboxylic acids is 1. The van der Waals surface area contributed by atoms with Crippen LogP contribution in [-0.2, 0) is 4.79 Å². The van der Waals surface area contributed by atoms with Crippen molar-refractivity contribution in [2.45, 2.75) is 31.0 Å². The lowest BCUT2D eigenvalue weighted by Crippen LogP contribution is -2.49. The van der Waals surface area contributed by atoms with Gasteiger partial charge in [0.1, 0.15) is 4.32 Å². The first kappa shape index (κ1) is 8.05. The van der Waals surface area contributed by atoms with Crippen LogP contribution >= 0.6 is 15.9 Å². The molecule has 0 saturated heterocycles. The molecule has 3 heteroatoms. The van der Waals surface area contributed by atoms with Gasteiger partial charge in [-0.3, -0.25) is 4.79 Å². The van der Waals surface area contributed by atoms with Crippen LogP contribution in [0.1, 0.15) is 26.7 Å². The Balaban J connectivity index is 2.58. The van der Waals surface area contributed by atoms with Crippen LogP contribution in [-0.4, -0.2) is 15.4 Å². The molecule has 1 saturated carbocycles. The summed E-state index contributed by atoms with van der Waals surface area (Å²) in [6, 6.07) is 0. The van der Waals surface area contributed by atoms with Gasteiger partial charge in [0.15, 0.2) is 0 Å². The minimum atomic E-state index is -0.730. The fraction of sp³-hybridized carbons (Fsp3) is 0.857. The van der Waals surface area contributed by atoms with Gasteiger partial charge in [-0.1, -0.05) is 29.8 Å². The van der Waals surface area contributed by atoms with E-state index in [1.165, 1.54) is 0 Å². The first-order chi connectivity index (χ1) is 4.36. The Morgan fingerprint density at radius 2 is 1.90 bits per heavy atom. The third kappa shape index (κ3) is 1.19. The van der Waals surface area contributed by atoms with Crippen LogP contribution < -0.4 is 0 Å². The van der Waals surface area contributed by atoms with Crippen molar-refractivity contribution in [3.05, 3.63) is 0 Å². The lowest BCUT2D eigenvalue weighted by molar-refractivity contribution is -0.145. The summed E-state index contributed by atoms with van der Waals surface area (Å²) < 4.78 is -0.615. The molecule has 0 spiro atoms. The van der Waals surface area contributed by atoms with E-state index in [4.69, 9.17) is 5.11 Å². The van der Waals surface area contributed by atoms with Crippen molar-refractivity contribution in [2.24, 2.45) is 5.41 Å². The fourth-order valence-corrected chi connectivity index (χ4v) is 3.13. The van der Waals surface area contributed by atoms with Crippen molar-refractivity contribution in [1.29, 1.82) is 0 Å². The first-order valence-corrected chi connectivity index (χ1v) is 4.07. The van der Waals surface area contributed by atoms with Gasteiger partial charge in [-0.15, -0.1) is 0 Å². The molecular weight excluding hydrogens is 196 g/mol. The van der Waals surface area contributed by atoms with E-state index < -0.39 is 10.3 Å². The minimum absolute atomic E-state index is 0.210. The maximum absolute atomic E-state index is 10.5. The second-order valence-corrected chi connectivity index (χ2v) is 5.31. The Morgan fingerprint density at radius 1 is 1.50 bits per heavy atom. The molecule has 0 aliphatic heterocycles. The third-order valence-corrected chi connectivity index (χ3v) is 2.80. The predicted molar refractivity (Wildman–Crippen MR) is 42.3 cm³/mol. The van der Waals surface area contributed by atoms with Crippen molar-refractivity contribution < 1.29 is 9.90 Å². The molecule has 1 N–H and O–H groups in total. The molecule has 0 atom stereocenters. The second kappa shape index (κ2) is 1.97. The van der Waals surface area contributed by atoms with Crippen LogP contribution in [0.2, 0.25) is 0 Å². The molecule has 1 rings (SSSR count). The Labute approximate surface area is 68.7 Å². The van der Waals surface area contributed by atoms with Gasteiger partial charge in [0.25, 0.3) is 0 Å². The van der Waals surface area contributed by atoms with Gasteiger partial charge in [-0.2, -0.15) is 0 Å². The van der Waals surface area contributed by atoms with Gasteiger partial charge >= 0.3 is 5.97 Å². The van der Waals surface area contributed by atoms with E-state index in [0.29, 0.717) is 0 Å². The zero-order valence-corrected chi connectivity index (χ0v) is 7.73. The average molecular weight is 207 g/mol. The highest BCUT2D eigenvalue weighted by molar-refractivity contribution is 9.10. The van der Waals surface area contributed by atoms with Crippen molar-refractivity contribution in [3.8, 4) is 0 Å². The Bertz CT molecular complexity index is 166. The molecule has 0 aromatic heterocycles. The van der Waals surface area contributed by atoms with E-state index in [-0.39, 0.29) is 5.41 Å². The van der Waals surface area contributed by atoms with E-state index in [1.54, 1.807) is 0 Å². The van der Waals surface area contributed by atoms with Crippen molar-refractivity contribution in [1.82, 2.24) is 0 Å². The standard InChI is InChI=1S/C7H11BrO2/c1-6(2)3-7(8,4-6)5(9)10/h3-4H2,1-2H3,(H,9,10). The molecule has 1 aliphatic carbocycles. The molecule has 0 aromatic rings. The van der Waals surface area contributed by atoms with E-state index in [1.807, 2.05) is 0 Å². The summed E-state index contributed by atoms with van der Waals surface area (Å²) in [5, 5.41) is 8.68. The Hall–Kier alpha value is -0.0500. The summed E-state index contributed by atoms with van der Waals surface area (Å²) in [6.07, 6.45) is 1.46. The molecule has 0 radical (unpaired) electrons. The summed E-state index contributed by atoms with van der Waals surface area (Å²) in [4.78, 5) is 10.5. The van der Waals surface area contributed by atoms with E-state index in [2.05, 4.69) is 29.8 Å².